The number of amides is 1. The van der Waals surface area contributed by atoms with Crippen molar-refractivity contribution in [3.63, 3.8) is 0 Å². The van der Waals surface area contributed by atoms with E-state index in [0.717, 1.165) is 5.56 Å². The van der Waals surface area contributed by atoms with Gasteiger partial charge in [0, 0.05) is 12.6 Å². The molecule has 0 spiro atoms. The predicted octanol–water partition coefficient (Wildman–Crippen LogP) is 4.88. The van der Waals surface area contributed by atoms with Crippen LogP contribution in [0.3, 0.4) is 0 Å². The fourth-order valence-corrected chi connectivity index (χ4v) is 3.34. The van der Waals surface area contributed by atoms with E-state index in [2.05, 4.69) is 4.98 Å². The standard InChI is InChI=1S/C17H12ClFN2OS/c1-21(14-9-5-4-8-13(14)19)17(22)15-10-20-16(23-15)11-6-2-3-7-12(11)18/h2-10H,1H3. The second-order valence-corrected chi connectivity index (χ2v) is 6.26. The van der Waals surface area contributed by atoms with Crippen molar-refractivity contribution < 1.29 is 9.18 Å². The maximum absolute atomic E-state index is 13.8. The zero-order chi connectivity index (χ0) is 16.4. The summed E-state index contributed by atoms with van der Waals surface area (Å²) in [6.07, 6.45) is 1.49. The lowest BCUT2D eigenvalue weighted by Gasteiger charge is -2.16. The summed E-state index contributed by atoms with van der Waals surface area (Å²) in [4.78, 5) is 18.5. The van der Waals surface area contributed by atoms with Crippen molar-refractivity contribution in [3.05, 3.63) is 70.4 Å². The number of hydrogen-bond donors (Lipinski definition) is 0. The van der Waals surface area contributed by atoms with Crippen molar-refractivity contribution in [3.8, 4) is 10.6 Å². The monoisotopic (exact) mass is 346 g/mol. The Bertz CT molecular complexity index is 865. The van der Waals surface area contributed by atoms with Crippen LogP contribution in [-0.4, -0.2) is 17.9 Å². The summed E-state index contributed by atoms with van der Waals surface area (Å²) < 4.78 is 13.8. The van der Waals surface area contributed by atoms with Gasteiger partial charge in [0.2, 0.25) is 0 Å². The Hall–Kier alpha value is -2.24. The molecule has 1 amide bonds. The van der Waals surface area contributed by atoms with Crippen LogP contribution < -0.4 is 4.90 Å². The van der Waals surface area contributed by atoms with Crippen LogP contribution in [0.5, 0.6) is 0 Å². The molecule has 3 rings (SSSR count). The SMILES string of the molecule is CN(C(=O)c1cnc(-c2ccccc2Cl)s1)c1ccccc1F. The Morgan fingerprint density at radius 2 is 1.87 bits per heavy atom. The largest absolute Gasteiger partial charge is 0.308 e. The van der Waals surface area contributed by atoms with Crippen LogP contribution >= 0.6 is 22.9 Å². The topological polar surface area (TPSA) is 33.2 Å². The Kier molecular flexibility index (Phi) is 4.41. The van der Waals surface area contributed by atoms with E-state index in [4.69, 9.17) is 11.6 Å². The molecule has 0 saturated carbocycles. The fourth-order valence-electron chi connectivity index (χ4n) is 2.13. The molecule has 116 valence electrons. The normalized spacial score (nSPS) is 10.6. The Balaban J connectivity index is 1.90. The van der Waals surface area contributed by atoms with Gasteiger partial charge in [0.05, 0.1) is 16.9 Å². The predicted molar refractivity (Wildman–Crippen MR) is 91.7 cm³/mol. The van der Waals surface area contributed by atoms with Gasteiger partial charge in [0.15, 0.2) is 0 Å². The lowest BCUT2D eigenvalue weighted by Crippen LogP contribution is -2.26. The van der Waals surface area contributed by atoms with Gasteiger partial charge in [0.25, 0.3) is 5.91 Å². The summed E-state index contributed by atoms with van der Waals surface area (Å²) in [5.41, 5.74) is 0.997. The van der Waals surface area contributed by atoms with Crippen molar-refractivity contribution >= 4 is 34.5 Å². The lowest BCUT2D eigenvalue weighted by atomic mass is 10.2. The van der Waals surface area contributed by atoms with Crippen molar-refractivity contribution in [1.29, 1.82) is 0 Å². The molecule has 0 fully saturated rings. The lowest BCUT2D eigenvalue weighted by molar-refractivity contribution is 0.0996. The second-order valence-electron chi connectivity index (χ2n) is 4.83. The first kappa shape index (κ1) is 15.6. The average Bonchev–Trinajstić information content (AvgIpc) is 3.04. The third-order valence-electron chi connectivity index (χ3n) is 3.34. The number of rotatable bonds is 3. The fraction of sp³-hybridized carbons (Fsp3) is 0.0588. The molecule has 0 unspecified atom stereocenters. The highest BCUT2D eigenvalue weighted by molar-refractivity contribution is 7.17. The van der Waals surface area contributed by atoms with Gasteiger partial charge in [-0.15, -0.1) is 11.3 Å². The molecular weight excluding hydrogens is 335 g/mol. The molecule has 0 N–H and O–H groups in total. The maximum atomic E-state index is 13.8. The molecule has 0 saturated heterocycles. The number of carbonyl (C=O) groups is 1. The van der Waals surface area contributed by atoms with E-state index in [-0.39, 0.29) is 11.6 Å². The van der Waals surface area contributed by atoms with E-state index in [1.165, 1.54) is 35.5 Å². The molecular formula is C17H12ClFN2OS. The third kappa shape index (κ3) is 3.11. The minimum Gasteiger partial charge on any atom is -0.308 e. The zero-order valence-corrected chi connectivity index (χ0v) is 13.7. The first-order valence-electron chi connectivity index (χ1n) is 6.81. The zero-order valence-electron chi connectivity index (χ0n) is 12.2. The molecule has 3 nitrogen and oxygen atoms in total. The number of carbonyl (C=O) groups excluding carboxylic acids is 1. The number of hydrogen-bond acceptors (Lipinski definition) is 3. The van der Waals surface area contributed by atoms with Gasteiger partial charge < -0.3 is 4.90 Å². The Morgan fingerprint density at radius 1 is 1.17 bits per heavy atom. The van der Waals surface area contributed by atoms with E-state index >= 15 is 0 Å². The summed E-state index contributed by atoms with van der Waals surface area (Å²) >= 11 is 7.38. The molecule has 0 atom stereocenters. The molecule has 6 heteroatoms. The molecule has 0 aliphatic carbocycles. The van der Waals surface area contributed by atoms with Gasteiger partial charge in [-0.2, -0.15) is 0 Å². The van der Waals surface area contributed by atoms with E-state index in [9.17, 15) is 9.18 Å². The molecule has 23 heavy (non-hydrogen) atoms. The van der Waals surface area contributed by atoms with Crippen LogP contribution in [0.1, 0.15) is 9.67 Å². The summed E-state index contributed by atoms with van der Waals surface area (Å²) in [5.74, 6) is -0.759. The van der Waals surface area contributed by atoms with Gasteiger partial charge in [-0.3, -0.25) is 4.79 Å². The van der Waals surface area contributed by atoms with E-state index in [1.54, 1.807) is 24.3 Å². The summed E-state index contributed by atoms with van der Waals surface area (Å²) in [6.45, 7) is 0. The van der Waals surface area contributed by atoms with E-state index in [0.29, 0.717) is 14.9 Å². The van der Waals surface area contributed by atoms with E-state index < -0.39 is 5.82 Å². The van der Waals surface area contributed by atoms with Crippen LogP contribution in [0.4, 0.5) is 10.1 Å². The van der Waals surface area contributed by atoms with Gasteiger partial charge in [-0.25, -0.2) is 9.37 Å². The van der Waals surface area contributed by atoms with Crippen molar-refractivity contribution in [2.24, 2.45) is 0 Å². The molecule has 2 aromatic carbocycles. The van der Waals surface area contributed by atoms with Crippen LogP contribution in [0.15, 0.2) is 54.7 Å². The number of thiazole rings is 1. The minimum atomic E-state index is -0.445. The van der Waals surface area contributed by atoms with Crippen LogP contribution in [0, 0.1) is 5.82 Å². The minimum absolute atomic E-state index is 0.227. The number of anilines is 1. The van der Waals surface area contributed by atoms with Crippen LogP contribution in [0.25, 0.3) is 10.6 Å². The van der Waals surface area contributed by atoms with Crippen LogP contribution in [0.2, 0.25) is 5.02 Å². The summed E-state index contributed by atoms with van der Waals surface area (Å²) in [7, 11) is 1.54. The molecule has 0 aliphatic rings. The third-order valence-corrected chi connectivity index (χ3v) is 4.69. The molecule has 0 aliphatic heterocycles. The summed E-state index contributed by atoms with van der Waals surface area (Å²) in [6, 6.07) is 13.4. The first-order valence-corrected chi connectivity index (χ1v) is 8.00. The Labute approximate surface area is 142 Å². The molecule has 0 bridgehead atoms. The smallest absolute Gasteiger partial charge is 0.269 e. The number of nitrogens with zero attached hydrogens (tertiary/aromatic N) is 2. The number of para-hydroxylation sites is 1. The molecule has 1 heterocycles. The van der Waals surface area contributed by atoms with Crippen molar-refractivity contribution in [2.45, 2.75) is 0 Å². The first-order chi connectivity index (χ1) is 11.1. The summed E-state index contributed by atoms with van der Waals surface area (Å²) in [5, 5.41) is 1.23. The van der Waals surface area contributed by atoms with Crippen LogP contribution in [-0.2, 0) is 0 Å². The van der Waals surface area contributed by atoms with Gasteiger partial charge >= 0.3 is 0 Å². The highest BCUT2D eigenvalue weighted by atomic mass is 35.5. The molecule has 0 radical (unpaired) electrons. The number of benzene rings is 2. The highest BCUT2D eigenvalue weighted by Gasteiger charge is 2.19. The van der Waals surface area contributed by atoms with Gasteiger partial charge in [0.1, 0.15) is 15.7 Å². The Morgan fingerprint density at radius 3 is 2.61 bits per heavy atom. The van der Waals surface area contributed by atoms with Crippen molar-refractivity contribution in [1.82, 2.24) is 4.98 Å². The second kappa shape index (κ2) is 6.48. The highest BCUT2D eigenvalue weighted by Crippen LogP contribution is 2.32. The van der Waals surface area contributed by atoms with Gasteiger partial charge in [-0.1, -0.05) is 41.9 Å². The number of halogens is 2. The average molecular weight is 347 g/mol. The maximum Gasteiger partial charge on any atom is 0.269 e. The quantitative estimate of drug-likeness (QED) is 0.677. The molecule has 1 aromatic heterocycles. The van der Waals surface area contributed by atoms with E-state index in [1.807, 2.05) is 18.2 Å². The van der Waals surface area contributed by atoms with Crippen molar-refractivity contribution in [2.75, 3.05) is 11.9 Å². The van der Waals surface area contributed by atoms with Gasteiger partial charge in [-0.05, 0) is 18.2 Å². The number of aromatic nitrogens is 1. The molecule has 3 aromatic rings.